The number of benzene rings is 5. The Bertz CT molecular complexity index is 2570. The minimum Gasteiger partial charge on any atom is -0.460 e. The quantitative estimate of drug-likeness (QED) is 0.0538. The van der Waals surface area contributed by atoms with Crippen LogP contribution < -0.4 is 31.7 Å². The van der Waals surface area contributed by atoms with Gasteiger partial charge in [-0.2, -0.15) is 0 Å². The molecule has 0 saturated carbocycles. The van der Waals surface area contributed by atoms with Gasteiger partial charge in [0.25, 0.3) is 11.8 Å². The summed E-state index contributed by atoms with van der Waals surface area (Å²) in [5.41, 5.74) is 21.8. The molecule has 1 aliphatic carbocycles. The van der Waals surface area contributed by atoms with Crippen LogP contribution in [0.1, 0.15) is 37.8 Å². The molecule has 0 radical (unpaired) electrons. The number of amides is 2. The van der Waals surface area contributed by atoms with Crippen LogP contribution in [0.2, 0.25) is 0 Å². The van der Waals surface area contributed by atoms with E-state index < -0.39 is 0 Å². The van der Waals surface area contributed by atoms with Gasteiger partial charge in [-0.15, -0.1) is 0 Å². The monoisotopic (exact) mass is 789 g/mol. The number of nitrogens with zero attached hydrogens (tertiary/aromatic N) is 4. The molecule has 0 spiro atoms. The number of fused-ring (bicyclic) bond motifs is 2. The van der Waals surface area contributed by atoms with Gasteiger partial charge in [-0.25, -0.2) is 4.58 Å². The fraction of sp³-hybridized carbons (Fsp3) is 0.255. The van der Waals surface area contributed by atoms with Crippen molar-refractivity contribution in [2.75, 3.05) is 94.2 Å². The molecule has 9 rings (SSSR count). The molecule has 12 nitrogen and oxygen atoms in total. The predicted molar refractivity (Wildman–Crippen MR) is 235 cm³/mol. The number of para-hydroxylation sites is 3. The lowest BCUT2D eigenvalue weighted by molar-refractivity contribution is -0.462. The summed E-state index contributed by atoms with van der Waals surface area (Å²) >= 11 is 0. The van der Waals surface area contributed by atoms with Crippen LogP contribution in [0.15, 0.2) is 115 Å². The summed E-state index contributed by atoms with van der Waals surface area (Å²) in [5, 5.41) is 8.71. The Morgan fingerprint density at radius 1 is 0.831 bits per heavy atom. The van der Waals surface area contributed by atoms with Gasteiger partial charge in [0.15, 0.2) is 0 Å². The first-order valence-electron chi connectivity index (χ1n) is 20.1. The van der Waals surface area contributed by atoms with Crippen LogP contribution in [-0.4, -0.2) is 99.1 Å². The molecule has 0 aromatic heterocycles. The minimum absolute atomic E-state index is 0.0338. The van der Waals surface area contributed by atoms with Crippen LogP contribution in [0.5, 0.6) is 5.75 Å². The molecule has 300 valence electrons. The molecule has 1 saturated heterocycles. The fourth-order valence-electron chi connectivity index (χ4n) is 8.61. The second-order valence-electron chi connectivity index (χ2n) is 15.7. The van der Waals surface area contributed by atoms with Gasteiger partial charge < -0.3 is 36.5 Å². The highest BCUT2D eigenvalue weighted by molar-refractivity contribution is 6.27. The van der Waals surface area contributed by atoms with Gasteiger partial charge in [-0.05, 0) is 48.0 Å². The SMILES string of the molecule is CN(CNc1ccccc1Nc1ccc2c3c(cccc13)C(=O)N(CCN1CCOCC1)C2=O)c1ccc2c(c1)OC1=CC(=[N+](C)C)C=CC1C2c1cccc(N)c1N. The number of morpholine rings is 1. The normalized spacial score (nSPS) is 18.5. The molecule has 1 fully saturated rings. The Morgan fingerprint density at radius 3 is 2.39 bits per heavy atom. The van der Waals surface area contributed by atoms with Crippen LogP contribution in [-0.2, 0) is 4.74 Å². The Kier molecular flexibility index (Phi) is 10.0. The van der Waals surface area contributed by atoms with E-state index in [4.69, 9.17) is 20.9 Å². The number of anilines is 6. The molecule has 5 aromatic rings. The van der Waals surface area contributed by atoms with Gasteiger partial charge in [-0.3, -0.25) is 19.4 Å². The van der Waals surface area contributed by atoms with E-state index in [1.807, 2.05) is 87.9 Å². The Balaban J connectivity index is 0.947. The highest BCUT2D eigenvalue weighted by atomic mass is 16.5. The predicted octanol–water partition coefficient (Wildman–Crippen LogP) is 6.49. The number of rotatable bonds is 10. The molecule has 5 aromatic carbocycles. The number of nitrogens with two attached hydrogens (primary N) is 2. The summed E-state index contributed by atoms with van der Waals surface area (Å²) in [4.78, 5) is 33.3. The lowest BCUT2D eigenvalue weighted by Gasteiger charge is -2.36. The number of hydrogen-bond acceptors (Lipinski definition) is 10. The van der Waals surface area contributed by atoms with Crippen molar-refractivity contribution in [2.45, 2.75) is 5.92 Å². The average molecular weight is 790 g/mol. The first-order valence-corrected chi connectivity index (χ1v) is 20.1. The molecule has 3 heterocycles. The summed E-state index contributed by atoms with van der Waals surface area (Å²) < 4.78 is 14.2. The third kappa shape index (κ3) is 7.04. The number of nitrogens with one attached hydrogen (secondary N) is 2. The first kappa shape index (κ1) is 37.9. The highest BCUT2D eigenvalue weighted by Gasteiger charge is 2.38. The Labute approximate surface area is 344 Å². The van der Waals surface area contributed by atoms with Crippen LogP contribution >= 0.6 is 0 Å². The van der Waals surface area contributed by atoms with E-state index in [1.54, 1.807) is 0 Å². The smallest absolute Gasteiger partial charge is 0.261 e. The maximum atomic E-state index is 13.8. The van der Waals surface area contributed by atoms with E-state index in [1.165, 1.54) is 4.90 Å². The van der Waals surface area contributed by atoms with Gasteiger partial charge in [0.1, 0.15) is 25.6 Å². The van der Waals surface area contributed by atoms with Crippen molar-refractivity contribution in [2.24, 2.45) is 5.92 Å². The first-order chi connectivity index (χ1) is 28.7. The van der Waals surface area contributed by atoms with E-state index >= 15 is 0 Å². The number of imide groups is 1. The van der Waals surface area contributed by atoms with Gasteiger partial charge in [-0.1, -0.05) is 48.5 Å². The van der Waals surface area contributed by atoms with Gasteiger partial charge in [0.05, 0.1) is 42.6 Å². The van der Waals surface area contributed by atoms with E-state index in [9.17, 15) is 9.59 Å². The third-order valence-corrected chi connectivity index (χ3v) is 11.9. The number of hydrogen-bond donors (Lipinski definition) is 4. The van der Waals surface area contributed by atoms with Crippen molar-refractivity contribution in [3.05, 3.63) is 137 Å². The van der Waals surface area contributed by atoms with Crippen LogP contribution in [0.25, 0.3) is 10.8 Å². The van der Waals surface area contributed by atoms with Gasteiger partial charge >= 0.3 is 0 Å². The molecule has 4 aliphatic rings. The molecule has 6 N–H and O–H groups in total. The molecule has 3 aliphatic heterocycles. The number of allylic oxidation sites excluding steroid dienone is 3. The fourth-order valence-corrected chi connectivity index (χ4v) is 8.61. The van der Waals surface area contributed by atoms with Gasteiger partial charge in [0.2, 0.25) is 5.71 Å². The summed E-state index contributed by atoms with van der Waals surface area (Å²) in [6, 6.07) is 29.6. The summed E-state index contributed by atoms with van der Waals surface area (Å²) in [7, 11) is 6.08. The summed E-state index contributed by atoms with van der Waals surface area (Å²) in [6.45, 7) is 4.37. The van der Waals surface area contributed by atoms with Crippen molar-refractivity contribution in [3.8, 4) is 5.75 Å². The van der Waals surface area contributed by atoms with Crippen molar-refractivity contribution >= 4 is 62.4 Å². The van der Waals surface area contributed by atoms with E-state index in [2.05, 4.69) is 67.5 Å². The van der Waals surface area contributed by atoms with Crippen molar-refractivity contribution < 1.29 is 23.6 Å². The molecule has 59 heavy (non-hydrogen) atoms. The van der Waals surface area contributed by atoms with E-state index in [0.717, 1.165) is 69.6 Å². The Morgan fingerprint density at radius 2 is 1.59 bits per heavy atom. The van der Waals surface area contributed by atoms with Crippen LogP contribution in [0.3, 0.4) is 0 Å². The Hall–Kier alpha value is -6.63. The number of carbonyl (C=O) groups is 2. The minimum atomic E-state index is -0.260. The molecular formula is C47H49N8O4+. The zero-order valence-electron chi connectivity index (χ0n) is 33.6. The second-order valence-corrected chi connectivity index (χ2v) is 15.7. The number of nitrogen functional groups attached to an aromatic ring is 2. The van der Waals surface area contributed by atoms with Crippen LogP contribution in [0.4, 0.5) is 34.1 Å². The standard InChI is InChI=1S/C47H48N8O4/c1-52(2)29-14-16-32-41(26-29)59-42-27-30(15-17-33(42)44(32)34-9-7-11-37(48)45(34)49)53(3)28-50-39-12-4-5-13-40(39)51-38-19-18-36-43-31(38)8-6-10-35(43)46(56)55(47(36)57)21-20-54-22-24-58-25-23-54/h4-19,26-27,32,44,50H,20-25,28,48-49H2,1-3H3/p+1. The molecule has 2 atom stereocenters. The third-order valence-electron chi connectivity index (χ3n) is 11.9. The van der Waals surface area contributed by atoms with Crippen molar-refractivity contribution in [1.29, 1.82) is 0 Å². The number of carbonyl (C=O) groups excluding carboxylic acids is 2. The number of ether oxygens (including phenoxy) is 2. The molecular weight excluding hydrogens is 741 g/mol. The zero-order valence-corrected chi connectivity index (χ0v) is 33.6. The highest BCUT2D eigenvalue weighted by Crippen LogP contribution is 2.50. The van der Waals surface area contributed by atoms with E-state index in [-0.39, 0.29) is 23.7 Å². The van der Waals surface area contributed by atoms with E-state index in [0.29, 0.717) is 60.9 Å². The summed E-state index contributed by atoms with van der Waals surface area (Å²) in [6.07, 6.45) is 6.43. The van der Waals surface area contributed by atoms with Crippen LogP contribution in [0, 0.1) is 5.92 Å². The average Bonchev–Trinajstić information content (AvgIpc) is 3.25. The van der Waals surface area contributed by atoms with Gasteiger partial charge in [0, 0.05) is 102 Å². The zero-order chi connectivity index (χ0) is 40.8. The molecule has 0 bridgehead atoms. The van der Waals surface area contributed by atoms with Crippen molar-refractivity contribution in [3.63, 3.8) is 0 Å². The largest absolute Gasteiger partial charge is 0.460 e. The van der Waals surface area contributed by atoms with Crippen molar-refractivity contribution in [1.82, 2.24) is 9.80 Å². The second kappa shape index (κ2) is 15.6. The molecule has 2 amide bonds. The summed E-state index contributed by atoms with van der Waals surface area (Å²) in [5.74, 6) is 1.01. The topological polar surface area (TPSA) is 141 Å². The molecule has 12 heteroatoms. The lowest BCUT2D eigenvalue weighted by Crippen LogP contribution is -2.46. The molecule has 2 unspecified atom stereocenters. The maximum absolute atomic E-state index is 13.8. The lowest BCUT2D eigenvalue weighted by atomic mass is 9.75. The maximum Gasteiger partial charge on any atom is 0.261 e.